The molecule has 2 heterocycles. The Bertz CT molecular complexity index is 331. The average molecular weight is 273 g/mol. The van der Waals surface area contributed by atoms with E-state index in [1.165, 1.54) is 27.7 Å². The minimum atomic E-state index is 0.443. The third-order valence-electron chi connectivity index (χ3n) is 2.79. The normalized spacial score (nSPS) is 24.0. The quantitative estimate of drug-likeness (QED) is 0.621. The zero-order chi connectivity index (χ0) is 11.8. The molecule has 0 nitrogen and oxygen atoms in total. The fourth-order valence-corrected chi connectivity index (χ4v) is 6.08. The zero-order valence-electron chi connectivity index (χ0n) is 10.5. The Hall–Kier alpha value is 0.400. The fraction of sp³-hybridized carbons (Fsp3) is 0.692. The second-order valence-corrected chi connectivity index (χ2v) is 8.96. The van der Waals surface area contributed by atoms with Crippen molar-refractivity contribution in [2.75, 3.05) is 11.5 Å². The summed E-state index contributed by atoms with van der Waals surface area (Å²) in [5.41, 5.74) is 0.885. The number of fused-ring (bicyclic) bond motifs is 1. The van der Waals surface area contributed by atoms with Crippen LogP contribution in [0, 0.1) is 10.8 Å². The number of thiophene rings is 1. The van der Waals surface area contributed by atoms with Gasteiger partial charge in [0.15, 0.2) is 0 Å². The molecule has 0 radical (unpaired) electrons. The molecule has 0 fully saturated rings. The number of thioether (sulfide) groups is 2. The topological polar surface area (TPSA) is 0 Å². The van der Waals surface area contributed by atoms with Gasteiger partial charge >= 0.3 is 0 Å². The third-order valence-corrected chi connectivity index (χ3v) is 7.11. The minimum Gasteiger partial charge on any atom is -0.150 e. The van der Waals surface area contributed by atoms with E-state index < -0.39 is 0 Å². The highest BCUT2D eigenvalue weighted by Gasteiger charge is 2.31. The molecule has 0 spiro atoms. The van der Waals surface area contributed by atoms with Crippen molar-refractivity contribution in [2.45, 2.75) is 43.9 Å². The molecule has 0 N–H and O–H groups in total. The van der Waals surface area contributed by atoms with Crippen LogP contribution in [0.1, 0.15) is 34.1 Å². The summed E-state index contributed by atoms with van der Waals surface area (Å²) in [6.07, 6.45) is 1.31. The number of rotatable bonds is 0. The van der Waals surface area contributed by atoms with Gasteiger partial charge in [0, 0.05) is 32.1 Å². The molecule has 0 saturated heterocycles. The maximum atomic E-state index is 2.41. The number of hydrogen-bond acceptors (Lipinski definition) is 3. The van der Waals surface area contributed by atoms with Gasteiger partial charge in [0.2, 0.25) is 0 Å². The molecule has 0 bridgehead atoms. The first-order valence-electron chi connectivity index (χ1n) is 5.70. The summed E-state index contributed by atoms with van der Waals surface area (Å²) in [6.45, 7) is 9.63. The summed E-state index contributed by atoms with van der Waals surface area (Å²) in [4.78, 5) is 3.00. The lowest BCUT2D eigenvalue weighted by Crippen LogP contribution is -2.26. The Morgan fingerprint density at radius 2 is 1.31 bits per heavy atom. The molecule has 0 saturated carbocycles. The highest BCUT2D eigenvalue weighted by atomic mass is 32.2. The van der Waals surface area contributed by atoms with E-state index in [9.17, 15) is 0 Å². The molecule has 1 aliphatic heterocycles. The van der Waals surface area contributed by atoms with Gasteiger partial charge in [0.05, 0.1) is 0 Å². The van der Waals surface area contributed by atoms with Crippen LogP contribution in [0.25, 0.3) is 0 Å². The molecule has 1 aromatic rings. The summed E-state index contributed by atoms with van der Waals surface area (Å²) in [6, 6.07) is 0. The molecule has 1 aliphatic rings. The van der Waals surface area contributed by atoms with Crippen LogP contribution in [0.3, 0.4) is 0 Å². The van der Waals surface area contributed by atoms with Crippen molar-refractivity contribution >= 4 is 34.9 Å². The summed E-state index contributed by atoms with van der Waals surface area (Å²) < 4.78 is 0. The van der Waals surface area contributed by atoms with Gasteiger partial charge in [0.1, 0.15) is 0 Å². The Balaban J connectivity index is 2.24. The lowest BCUT2D eigenvalue weighted by atomic mass is 9.77. The van der Waals surface area contributed by atoms with Gasteiger partial charge in [-0.1, -0.05) is 27.7 Å². The smallest absolute Gasteiger partial charge is 0.0315 e. The largest absolute Gasteiger partial charge is 0.150 e. The fourth-order valence-electron chi connectivity index (χ4n) is 2.43. The van der Waals surface area contributed by atoms with E-state index in [2.05, 4.69) is 38.5 Å². The van der Waals surface area contributed by atoms with E-state index in [0.29, 0.717) is 10.8 Å². The van der Waals surface area contributed by atoms with Crippen LogP contribution in [-0.4, -0.2) is 11.5 Å². The summed E-state index contributed by atoms with van der Waals surface area (Å²) >= 11 is 5.92. The monoisotopic (exact) mass is 272 g/mol. The summed E-state index contributed by atoms with van der Waals surface area (Å²) in [5.74, 6) is 2.47. The van der Waals surface area contributed by atoms with Crippen molar-refractivity contribution < 1.29 is 0 Å². The van der Waals surface area contributed by atoms with E-state index in [1.807, 2.05) is 34.9 Å². The van der Waals surface area contributed by atoms with Crippen molar-refractivity contribution in [2.24, 2.45) is 10.8 Å². The molecular formula is C13H20S3. The molecular weight excluding hydrogens is 252 g/mol. The SMILES string of the molecule is CC1(C)CSc2cscc2SCC(C)(C)C1. The van der Waals surface area contributed by atoms with Gasteiger partial charge in [-0.3, -0.25) is 0 Å². The predicted octanol–water partition coefficient (Wildman–Crippen LogP) is 5.39. The first kappa shape index (κ1) is 12.8. The maximum Gasteiger partial charge on any atom is 0.0315 e. The van der Waals surface area contributed by atoms with E-state index in [4.69, 9.17) is 0 Å². The van der Waals surface area contributed by atoms with Crippen LogP contribution < -0.4 is 0 Å². The van der Waals surface area contributed by atoms with Crippen LogP contribution in [0.15, 0.2) is 20.6 Å². The van der Waals surface area contributed by atoms with Gasteiger partial charge in [-0.2, -0.15) is 11.3 Å². The van der Waals surface area contributed by atoms with Gasteiger partial charge in [-0.05, 0) is 17.3 Å². The van der Waals surface area contributed by atoms with Crippen LogP contribution in [0.2, 0.25) is 0 Å². The maximum absolute atomic E-state index is 2.41. The highest BCUT2D eigenvalue weighted by molar-refractivity contribution is 8.02. The predicted molar refractivity (Wildman–Crippen MR) is 77.9 cm³/mol. The Morgan fingerprint density at radius 3 is 1.75 bits per heavy atom. The highest BCUT2D eigenvalue weighted by Crippen LogP contribution is 2.46. The van der Waals surface area contributed by atoms with Crippen molar-refractivity contribution in [1.82, 2.24) is 0 Å². The van der Waals surface area contributed by atoms with Crippen LogP contribution in [-0.2, 0) is 0 Å². The van der Waals surface area contributed by atoms with E-state index >= 15 is 0 Å². The molecule has 2 rings (SSSR count). The third kappa shape index (κ3) is 3.21. The second-order valence-electron chi connectivity index (χ2n) is 6.18. The standard InChI is InChI=1S/C13H20S3/c1-12(2)7-13(3,4)9-16-11-6-14-5-10(11)15-8-12/h5-6H,7-9H2,1-4H3. The molecule has 0 aromatic carbocycles. The Kier molecular flexibility index (Phi) is 3.68. The van der Waals surface area contributed by atoms with Crippen molar-refractivity contribution in [3.05, 3.63) is 10.8 Å². The zero-order valence-corrected chi connectivity index (χ0v) is 13.0. The van der Waals surface area contributed by atoms with Gasteiger partial charge in [-0.25, -0.2) is 0 Å². The van der Waals surface area contributed by atoms with Crippen LogP contribution >= 0.6 is 34.9 Å². The molecule has 0 unspecified atom stereocenters. The minimum absolute atomic E-state index is 0.443. The van der Waals surface area contributed by atoms with Crippen molar-refractivity contribution in [1.29, 1.82) is 0 Å². The van der Waals surface area contributed by atoms with Crippen LogP contribution in [0.4, 0.5) is 0 Å². The molecule has 90 valence electrons. The Morgan fingerprint density at radius 1 is 0.875 bits per heavy atom. The van der Waals surface area contributed by atoms with E-state index in [-0.39, 0.29) is 0 Å². The molecule has 16 heavy (non-hydrogen) atoms. The lowest BCUT2D eigenvalue weighted by Gasteiger charge is -2.33. The molecule has 3 heteroatoms. The van der Waals surface area contributed by atoms with Crippen molar-refractivity contribution in [3.8, 4) is 0 Å². The molecule has 0 aliphatic carbocycles. The molecule has 0 amide bonds. The second kappa shape index (κ2) is 4.58. The molecule has 0 atom stereocenters. The van der Waals surface area contributed by atoms with Gasteiger partial charge in [-0.15, -0.1) is 23.5 Å². The van der Waals surface area contributed by atoms with Crippen molar-refractivity contribution in [3.63, 3.8) is 0 Å². The van der Waals surface area contributed by atoms with Gasteiger partial charge in [0.25, 0.3) is 0 Å². The first-order chi connectivity index (χ1) is 7.38. The lowest BCUT2D eigenvalue weighted by molar-refractivity contribution is 0.244. The first-order valence-corrected chi connectivity index (χ1v) is 8.61. The summed E-state index contributed by atoms with van der Waals surface area (Å²) in [7, 11) is 0. The van der Waals surface area contributed by atoms with E-state index in [1.54, 1.807) is 0 Å². The molecule has 1 aromatic heterocycles. The average Bonchev–Trinajstić information content (AvgIpc) is 2.57. The number of hydrogen-bond donors (Lipinski definition) is 0. The van der Waals surface area contributed by atoms with Crippen LogP contribution in [0.5, 0.6) is 0 Å². The summed E-state index contributed by atoms with van der Waals surface area (Å²) in [5, 5.41) is 4.61. The van der Waals surface area contributed by atoms with Gasteiger partial charge < -0.3 is 0 Å². The van der Waals surface area contributed by atoms with E-state index in [0.717, 1.165) is 0 Å². The Labute approximate surface area is 112 Å².